The van der Waals surface area contributed by atoms with Crippen LogP contribution in [0.15, 0.2) is 49.1 Å². The highest BCUT2D eigenvalue weighted by Gasteiger charge is 2.46. The van der Waals surface area contributed by atoms with E-state index < -0.39 is 23.0 Å². The van der Waals surface area contributed by atoms with E-state index in [0.29, 0.717) is 23.5 Å². The maximum absolute atomic E-state index is 14.6. The van der Waals surface area contributed by atoms with Crippen LogP contribution in [0.3, 0.4) is 0 Å². The molecule has 200 valence electrons. The van der Waals surface area contributed by atoms with E-state index in [2.05, 4.69) is 45.9 Å². The minimum atomic E-state index is -0.677. The van der Waals surface area contributed by atoms with Gasteiger partial charge in [-0.2, -0.15) is 5.10 Å². The Kier molecular flexibility index (Phi) is 7.12. The van der Waals surface area contributed by atoms with Gasteiger partial charge >= 0.3 is 0 Å². The predicted molar refractivity (Wildman–Crippen MR) is 141 cm³/mol. The summed E-state index contributed by atoms with van der Waals surface area (Å²) in [5, 5.41) is 8.93. The fraction of sp³-hybridized carbons (Fsp3) is 0.345. The van der Waals surface area contributed by atoms with Crippen LogP contribution in [-0.4, -0.2) is 36.0 Å². The van der Waals surface area contributed by atoms with Crippen molar-refractivity contribution in [2.75, 3.05) is 0 Å². The quantitative estimate of drug-likeness (QED) is 0.360. The van der Waals surface area contributed by atoms with E-state index in [0.717, 1.165) is 29.8 Å². The maximum atomic E-state index is 14.6. The van der Waals surface area contributed by atoms with E-state index in [-0.39, 0.29) is 29.5 Å². The van der Waals surface area contributed by atoms with Crippen molar-refractivity contribution in [1.82, 2.24) is 30.1 Å². The van der Waals surface area contributed by atoms with E-state index in [4.69, 9.17) is 10.7 Å². The molecular formula is C29H29F2N7O. The number of nitrogens with zero attached hydrogens (tertiary/aromatic N) is 6. The van der Waals surface area contributed by atoms with Gasteiger partial charge in [0.25, 0.3) is 0 Å². The summed E-state index contributed by atoms with van der Waals surface area (Å²) in [6.07, 6.45) is 8.86. The van der Waals surface area contributed by atoms with Gasteiger partial charge in [-0.3, -0.25) is 9.78 Å². The van der Waals surface area contributed by atoms with Crippen LogP contribution in [0.25, 0.3) is 22.5 Å². The number of hydrogen-bond donors (Lipinski definition) is 1. The van der Waals surface area contributed by atoms with Crippen LogP contribution in [0.4, 0.5) is 8.78 Å². The number of nitrogens with two attached hydrogens (primary N) is 1. The summed E-state index contributed by atoms with van der Waals surface area (Å²) in [5.41, 5.74) is 8.29. The summed E-state index contributed by atoms with van der Waals surface area (Å²) < 4.78 is 29.1. The van der Waals surface area contributed by atoms with Crippen molar-refractivity contribution in [2.45, 2.75) is 57.8 Å². The minimum Gasteiger partial charge on any atom is -0.370 e. The van der Waals surface area contributed by atoms with Gasteiger partial charge in [-0.1, -0.05) is 26.8 Å². The van der Waals surface area contributed by atoms with Gasteiger partial charge < -0.3 is 5.73 Å². The molecule has 0 bridgehead atoms. The fourth-order valence-electron chi connectivity index (χ4n) is 5.39. The lowest BCUT2D eigenvalue weighted by Gasteiger charge is -2.42. The van der Waals surface area contributed by atoms with Crippen molar-refractivity contribution in [3.8, 4) is 22.5 Å². The number of benzene rings is 1. The molecule has 1 aliphatic rings. The Bertz CT molecular complexity index is 1510. The first-order chi connectivity index (χ1) is 18.7. The molecular weight excluding hydrogens is 500 g/mol. The summed E-state index contributed by atoms with van der Waals surface area (Å²) >= 11 is 0. The zero-order chi connectivity index (χ0) is 27.7. The fourth-order valence-corrected chi connectivity index (χ4v) is 5.39. The molecule has 3 heterocycles. The normalized spacial score (nSPS) is 18.7. The highest BCUT2D eigenvalue weighted by Crippen LogP contribution is 2.50. The van der Waals surface area contributed by atoms with Gasteiger partial charge in [0, 0.05) is 37.0 Å². The SMILES string of the molecule is CC(C)C1(c2cncc(-c3cnc(CCC(N)=O)nc3)n2)CC[C@H](C)c2cc(-c3c(F)cccc3F)nnc21. The summed E-state index contributed by atoms with van der Waals surface area (Å²) in [5.74, 6) is -1.04. The Balaban J connectivity index is 1.57. The third-order valence-corrected chi connectivity index (χ3v) is 7.64. The monoisotopic (exact) mass is 529 g/mol. The zero-order valence-corrected chi connectivity index (χ0v) is 22.0. The summed E-state index contributed by atoms with van der Waals surface area (Å²) in [6, 6.07) is 5.53. The van der Waals surface area contributed by atoms with Gasteiger partial charge in [-0.05, 0) is 48.4 Å². The highest BCUT2D eigenvalue weighted by atomic mass is 19.1. The second-order valence-corrected chi connectivity index (χ2v) is 10.3. The Morgan fingerprint density at radius 2 is 1.79 bits per heavy atom. The third kappa shape index (κ3) is 4.86. The van der Waals surface area contributed by atoms with Crippen molar-refractivity contribution in [1.29, 1.82) is 0 Å². The maximum Gasteiger partial charge on any atom is 0.217 e. The molecule has 3 aromatic heterocycles. The molecule has 0 radical (unpaired) electrons. The largest absolute Gasteiger partial charge is 0.370 e. The lowest BCUT2D eigenvalue weighted by atomic mass is 9.62. The highest BCUT2D eigenvalue weighted by molar-refractivity contribution is 5.73. The molecule has 5 rings (SSSR count). The van der Waals surface area contributed by atoms with E-state index in [1.165, 1.54) is 18.2 Å². The van der Waals surface area contributed by atoms with Crippen molar-refractivity contribution < 1.29 is 13.6 Å². The topological polar surface area (TPSA) is 120 Å². The number of amides is 1. The lowest BCUT2D eigenvalue weighted by Crippen LogP contribution is -2.40. The number of hydrogen-bond acceptors (Lipinski definition) is 7. The third-order valence-electron chi connectivity index (χ3n) is 7.64. The van der Waals surface area contributed by atoms with Crippen molar-refractivity contribution in [3.63, 3.8) is 0 Å². The smallest absolute Gasteiger partial charge is 0.217 e. The summed E-state index contributed by atoms with van der Waals surface area (Å²) in [7, 11) is 0. The number of aromatic nitrogens is 6. The Morgan fingerprint density at radius 1 is 1.08 bits per heavy atom. The second kappa shape index (κ2) is 10.5. The number of halogens is 2. The van der Waals surface area contributed by atoms with Crippen LogP contribution in [-0.2, 0) is 16.6 Å². The molecule has 0 saturated heterocycles. The average molecular weight is 530 g/mol. The lowest BCUT2D eigenvalue weighted by molar-refractivity contribution is -0.118. The Morgan fingerprint density at radius 3 is 2.46 bits per heavy atom. The number of fused-ring (bicyclic) bond motifs is 1. The molecule has 1 amide bonds. The molecule has 39 heavy (non-hydrogen) atoms. The molecule has 2 N–H and O–H groups in total. The van der Waals surface area contributed by atoms with Gasteiger partial charge in [0.15, 0.2) is 0 Å². The molecule has 10 heteroatoms. The first-order valence-electron chi connectivity index (χ1n) is 12.9. The Hall–Kier alpha value is -4.21. The van der Waals surface area contributed by atoms with Crippen LogP contribution in [0, 0.1) is 17.6 Å². The molecule has 8 nitrogen and oxygen atoms in total. The molecule has 1 unspecified atom stereocenters. The number of carbonyl (C=O) groups is 1. The average Bonchev–Trinajstić information content (AvgIpc) is 2.92. The standard InChI is InChI=1S/C29H29F2N7O/c1-16(2)29(24-15-33-14-23(36-24)18-12-34-26(35-13-18)8-7-25(32)39)10-9-17(3)19-11-22(37-38-28(19)29)27-20(30)5-4-6-21(27)31/h4-6,11-17H,7-10H2,1-3H3,(H2,32,39)/t17-,29?/m0/s1. The number of primary amides is 1. The molecule has 2 atom stereocenters. The van der Waals surface area contributed by atoms with Crippen LogP contribution < -0.4 is 5.73 Å². The number of aryl methyl sites for hydroxylation is 1. The molecule has 4 aromatic rings. The molecule has 0 spiro atoms. The first-order valence-corrected chi connectivity index (χ1v) is 12.9. The number of carbonyl (C=O) groups excluding carboxylic acids is 1. The molecule has 0 aliphatic heterocycles. The minimum absolute atomic E-state index is 0.0751. The van der Waals surface area contributed by atoms with Crippen LogP contribution in [0.2, 0.25) is 0 Å². The summed E-state index contributed by atoms with van der Waals surface area (Å²) in [4.78, 5) is 29.3. The van der Waals surface area contributed by atoms with E-state index in [1.807, 2.05) is 0 Å². The molecule has 1 aromatic carbocycles. The van der Waals surface area contributed by atoms with Crippen LogP contribution >= 0.6 is 0 Å². The predicted octanol–water partition coefficient (Wildman–Crippen LogP) is 4.93. The van der Waals surface area contributed by atoms with Gasteiger partial charge in [0.1, 0.15) is 17.5 Å². The molecule has 0 saturated carbocycles. The van der Waals surface area contributed by atoms with Gasteiger partial charge in [0.2, 0.25) is 5.91 Å². The molecule has 0 fully saturated rings. The van der Waals surface area contributed by atoms with Crippen molar-refractivity contribution in [2.24, 2.45) is 11.7 Å². The second-order valence-electron chi connectivity index (χ2n) is 10.3. The van der Waals surface area contributed by atoms with E-state index in [9.17, 15) is 13.6 Å². The molecule has 1 aliphatic carbocycles. The van der Waals surface area contributed by atoms with Crippen molar-refractivity contribution >= 4 is 5.91 Å². The summed E-state index contributed by atoms with van der Waals surface area (Å²) in [6.45, 7) is 6.30. The number of rotatable bonds is 7. The van der Waals surface area contributed by atoms with Gasteiger partial charge in [-0.25, -0.2) is 23.7 Å². The van der Waals surface area contributed by atoms with E-state index in [1.54, 1.807) is 30.9 Å². The van der Waals surface area contributed by atoms with Gasteiger partial charge in [-0.15, -0.1) is 5.10 Å². The van der Waals surface area contributed by atoms with Crippen LogP contribution in [0.5, 0.6) is 0 Å². The van der Waals surface area contributed by atoms with Crippen molar-refractivity contribution in [3.05, 3.63) is 83.5 Å². The van der Waals surface area contributed by atoms with Gasteiger partial charge in [0.05, 0.1) is 40.0 Å². The Labute approximate surface area is 225 Å². The zero-order valence-electron chi connectivity index (χ0n) is 22.0. The van der Waals surface area contributed by atoms with Crippen LogP contribution in [0.1, 0.15) is 68.7 Å². The van der Waals surface area contributed by atoms with E-state index >= 15 is 0 Å². The first kappa shape index (κ1) is 26.4.